The van der Waals surface area contributed by atoms with Crippen LogP contribution in [0.5, 0.6) is 0 Å². The molecule has 124 valence electrons. The van der Waals surface area contributed by atoms with Gasteiger partial charge in [0.2, 0.25) is 5.82 Å². The van der Waals surface area contributed by atoms with Gasteiger partial charge in [-0.25, -0.2) is 4.98 Å². The molecule has 0 unspecified atom stereocenters. The Morgan fingerprint density at radius 3 is 2.61 bits per heavy atom. The van der Waals surface area contributed by atoms with Crippen molar-refractivity contribution in [1.29, 1.82) is 0 Å². The van der Waals surface area contributed by atoms with E-state index in [1.165, 1.54) is 17.3 Å². The number of fused-ring (bicyclic) bond motifs is 1. The molecule has 0 aliphatic carbocycles. The minimum absolute atomic E-state index is 0.0239. The first-order valence-electron chi connectivity index (χ1n) is 7.10. The van der Waals surface area contributed by atoms with Crippen LogP contribution in [0.4, 0.5) is 13.2 Å². The molecule has 0 aromatic carbocycles. The molecular weight excluding hydrogens is 313 g/mol. The first-order valence-corrected chi connectivity index (χ1v) is 7.10. The summed E-state index contributed by atoms with van der Waals surface area (Å²) in [6, 6.07) is 0. The van der Waals surface area contributed by atoms with E-state index in [9.17, 15) is 23.1 Å². The number of carbonyl (C=O) groups is 1. The number of pyridine rings is 1. The maximum Gasteiger partial charge on any atom is 0.449 e. The molecule has 2 aromatic heterocycles. The summed E-state index contributed by atoms with van der Waals surface area (Å²) in [5, 5.41) is 9.92. The molecule has 2 aromatic rings. The van der Waals surface area contributed by atoms with Gasteiger partial charge >= 0.3 is 6.18 Å². The minimum atomic E-state index is -4.62. The number of nitrogens with zero attached hydrogens (tertiary/aromatic N) is 3. The number of carbonyl (C=O) groups excluding carboxylic acids is 1. The summed E-state index contributed by atoms with van der Waals surface area (Å²) in [5.74, 6) is -1.59. The van der Waals surface area contributed by atoms with Crippen molar-refractivity contribution in [2.45, 2.75) is 31.5 Å². The molecule has 1 aliphatic rings. The molecule has 0 radical (unpaired) electrons. The number of alkyl halides is 3. The minimum Gasteiger partial charge on any atom is -0.390 e. The van der Waals surface area contributed by atoms with E-state index in [0.29, 0.717) is 25.9 Å². The van der Waals surface area contributed by atoms with Crippen LogP contribution in [0.15, 0.2) is 12.4 Å². The first-order chi connectivity index (χ1) is 10.7. The molecule has 3 heterocycles. The Labute approximate surface area is 129 Å². The van der Waals surface area contributed by atoms with Gasteiger partial charge in [-0.2, -0.15) is 13.2 Å². The van der Waals surface area contributed by atoms with E-state index in [4.69, 9.17) is 0 Å². The molecule has 23 heavy (non-hydrogen) atoms. The van der Waals surface area contributed by atoms with Gasteiger partial charge < -0.3 is 15.0 Å². The molecule has 3 rings (SSSR count). The predicted molar refractivity (Wildman–Crippen MR) is 74.7 cm³/mol. The van der Waals surface area contributed by atoms with E-state index >= 15 is 0 Å². The summed E-state index contributed by atoms with van der Waals surface area (Å²) in [5.41, 5.74) is -0.783. The highest BCUT2D eigenvalue weighted by molar-refractivity contribution is 6.04. The molecule has 1 saturated heterocycles. The number of piperidine rings is 1. The first kappa shape index (κ1) is 15.7. The van der Waals surface area contributed by atoms with Crippen LogP contribution in [-0.2, 0) is 6.18 Å². The van der Waals surface area contributed by atoms with E-state index < -0.39 is 23.5 Å². The molecule has 0 spiro atoms. The van der Waals surface area contributed by atoms with Crippen LogP contribution in [0.2, 0.25) is 0 Å². The number of amides is 1. The number of hydrogen-bond acceptors (Lipinski definition) is 4. The van der Waals surface area contributed by atoms with Crippen molar-refractivity contribution in [3.05, 3.63) is 23.8 Å². The fourth-order valence-electron chi connectivity index (χ4n) is 2.59. The van der Waals surface area contributed by atoms with E-state index in [2.05, 4.69) is 15.0 Å². The van der Waals surface area contributed by atoms with Crippen molar-refractivity contribution in [3.63, 3.8) is 0 Å². The molecule has 0 saturated carbocycles. The summed E-state index contributed by atoms with van der Waals surface area (Å²) in [6.45, 7) is 2.36. The third-order valence-corrected chi connectivity index (χ3v) is 4.02. The summed E-state index contributed by atoms with van der Waals surface area (Å²) in [4.78, 5) is 23.5. The van der Waals surface area contributed by atoms with Crippen molar-refractivity contribution in [1.82, 2.24) is 19.9 Å². The molecule has 9 heteroatoms. The van der Waals surface area contributed by atoms with Crippen LogP contribution in [0.1, 0.15) is 35.9 Å². The third-order valence-electron chi connectivity index (χ3n) is 4.02. The van der Waals surface area contributed by atoms with E-state index in [1.807, 2.05) is 0 Å². The van der Waals surface area contributed by atoms with Gasteiger partial charge in [0, 0.05) is 19.3 Å². The summed E-state index contributed by atoms with van der Waals surface area (Å²) in [7, 11) is 0. The van der Waals surface area contributed by atoms with Crippen LogP contribution in [0.3, 0.4) is 0 Å². The normalized spacial score (nSPS) is 18.4. The standard InChI is InChI=1S/C14H15F3N4O2/c1-13(23)2-4-21(5-3-13)11(22)8-6-18-7-9-10(8)20-12(19-9)14(15,16)17/h6-7,23H,2-5H2,1H3,(H,19,20). The third kappa shape index (κ3) is 3.00. The Morgan fingerprint density at radius 2 is 2.00 bits per heavy atom. The average Bonchev–Trinajstić information content (AvgIpc) is 2.90. The summed E-state index contributed by atoms with van der Waals surface area (Å²) < 4.78 is 38.3. The van der Waals surface area contributed by atoms with Gasteiger partial charge in [-0.3, -0.25) is 9.78 Å². The Bertz CT molecular complexity index is 744. The van der Waals surface area contributed by atoms with Crippen LogP contribution < -0.4 is 0 Å². The fourth-order valence-corrected chi connectivity index (χ4v) is 2.59. The quantitative estimate of drug-likeness (QED) is 0.838. The SMILES string of the molecule is CC1(O)CCN(C(=O)c2cncc3[nH]c(C(F)(F)F)nc23)CC1. The lowest BCUT2D eigenvalue weighted by molar-refractivity contribution is -0.144. The molecule has 2 N–H and O–H groups in total. The molecule has 6 nitrogen and oxygen atoms in total. The van der Waals surface area contributed by atoms with Gasteiger partial charge in [-0.05, 0) is 19.8 Å². The molecule has 0 bridgehead atoms. The van der Waals surface area contributed by atoms with Gasteiger partial charge in [0.15, 0.2) is 0 Å². The highest BCUT2D eigenvalue weighted by Gasteiger charge is 2.36. The smallest absolute Gasteiger partial charge is 0.390 e. The van der Waals surface area contributed by atoms with Gasteiger partial charge in [-0.1, -0.05) is 0 Å². The average molecular weight is 328 g/mol. The second-order valence-electron chi connectivity index (χ2n) is 5.96. The van der Waals surface area contributed by atoms with Gasteiger partial charge in [-0.15, -0.1) is 0 Å². The molecule has 1 fully saturated rings. The summed E-state index contributed by atoms with van der Waals surface area (Å²) >= 11 is 0. The lowest BCUT2D eigenvalue weighted by Gasteiger charge is -2.35. The maximum atomic E-state index is 12.8. The number of H-pyrrole nitrogens is 1. The van der Waals surface area contributed by atoms with Crippen molar-refractivity contribution in [3.8, 4) is 0 Å². The molecular formula is C14H15F3N4O2. The van der Waals surface area contributed by atoms with Crippen LogP contribution in [-0.4, -0.2) is 49.6 Å². The van der Waals surface area contributed by atoms with Gasteiger partial charge in [0.1, 0.15) is 5.52 Å². The number of halogens is 3. The zero-order chi connectivity index (χ0) is 16.8. The van der Waals surface area contributed by atoms with Crippen LogP contribution >= 0.6 is 0 Å². The number of aromatic nitrogens is 3. The molecule has 1 amide bonds. The van der Waals surface area contributed by atoms with E-state index in [1.54, 1.807) is 6.92 Å². The zero-order valence-corrected chi connectivity index (χ0v) is 12.3. The number of rotatable bonds is 1. The Morgan fingerprint density at radius 1 is 1.35 bits per heavy atom. The lowest BCUT2D eigenvalue weighted by Crippen LogP contribution is -2.45. The maximum absolute atomic E-state index is 12.8. The fraction of sp³-hybridized carbons (Fsp3) is 0.500. The molecule has 0 atom stereocenters. The van der Waals surface area contributed by atoms with E-state index in [-0.39, 0.29) is 16.6 Å². The lowest BCUT2D eigenvalue weighted by atomic mass is 9.93. The topological polar surface area (TPSA) is 82.1 Å². The highest BCUT2D eigenvalue weighted by Crippen LogP contribution is 2.30. The Kier molecular flexibility index (Phi) is 3.55. The number of nitrogens with one attached hydrogen (secondary N) is 1. The number of imidazole rings is 1. The number of likely N-dealkylation sites (tertiary alicyclic amines) is 1. The predicted octanol–water partition coefficient (Wildman–Crippen LogP) is 1.96. The number of aliphatic hydroxyl groups is 1. The monoisotopic (exact) mass is 328 g/mol. The van der Waals surface area contributed by atoms with Crippen LogP contribution in [0, 0.1) is 0 Å². The summed E-state index contributed by atoms with van der Waals surface area (Å²) in [6.07, 6.45) is -1.37. The van der Waals surface area contributed by atoms with Crippen molar-refractivity contribution >= 4 is 16.9 Å². The van der Waals surface area contributed by atoms with Crippen molar-refractivity contribution in [2.24, 2.45) is 0 Å². The zero-order valence-electron chi connectivity index (χ0n) is 12.3. The second-order valence-corrected chi connectivity index (χ2v) is 5.96. The van der Waals surface area contributed by atoms with Crippen molar-refractivity contribution < 1.29 is 23.1 Å². The number of aromatic amines is 1. The Hall–Kier alpha value is -2.16. The Balaban J connectivity index is 1.93. The second kappa shape index (κ2) is 5.19. The van der Waals surface area contributed by atoms with Gasteiger partial charge in [0.05, 0.1) is 22.9 Å². The van der Waals surface area contributed by atoms with E-state index in [0.717, 1.165) is 0 Å². The number of hydrogen-bond donors (Lipinski definition) is 2. The largest absolute Gasteiger partial charge is 0.449 e. The molecule has 1 aliphatic heterocycles. The van der Waals surface area contributed by atoms with Crippen molar-refractivity contribution in [2.75, 3.05) is 13.1 Å². The highest BCUT2D eigenvalue weighted by atomic mass is 19.4. The van der Waals surface area contributed by atoms with Crippen LogP contribution in [0.25, 0.3) is 11.0 Å². The van der Waals surface area contributed by atoms with Gasteiger partial charge in [0.25, 0.3) is 5.91 Å².